The highest BCUT2D eigenvalue weighted by atomic mass is 79.9. The molecule has 1 aliphatic rings. The smallest absolute Gasteiger partial charge is 0.410 e. The van der Waals surface area contributed by atoms with E-state index in [-0.39, 0.29) is 17.0 Å². The molecule has 1 saturated heterocycles. The number of carbonyl (C=O) groups is 1. The Kier molecular flexibility index (Phi) is 6.01. The third-order valence-corrected chi connectivity index (χ3v) is 5.37. The van der Waals surface area contributed by atoms with E-state index in [1.54, 1.807) is 11.0 Å². The Hall–Kier alpha value is -1.32. The van der Waals surface area contributed by atoms with Gasteiger partial charge in [-0.25, -0.2) is 18.4 Å². The molecule has 1 aliphatic heterocycles. The Balaban J connectivity index is 2.02. The second kappa shape index (κ2) is 7.51. The fourth-order valence-electron chi connectivity index (χ4n) is 2.65. The normalized spacial score (nSPS) is 18.3. The number of hydrogen-bond donors (Lipinski definition) is 2. The fourth-order valence-corrected chi connectivity index (χ4v) is 3.86. The van der Waals surface area contributed by atoms with E-state index in [4.69, 9.17) is 9.88 Å². The number of amides is 1. The molecule has 0 bridgehead atoms. The summed E-state index contributed by atoms with van der Waals surface area (Å²) in [7, 11) is -3.74. The summed E-state index contributed by atoms with van der Waals surface area (Å²) in [6, 6.07) is 4.58. The molecule has 0 aromatic heterocycles. The standard InChI is InChI=1S/C16H24BrN3O4S/c1-16(2,3)24-15(21)20-8-4-5-11(20)10-19-14-7-6-12(9-13(14)17)25(18,22)23/h6-7,9,11,19H,4-5,8,10H2,1-3H3,(H2,18,22,23). The van der Waals surface area contributed by atoms with Gasteiger partial charge in [0.15, 0.2) is 0 Å². The molecule has 25 heavy (non-hydrogen) atoms. The molecule has 0 radical (unpaired) electrons. The molecule has 3 N–H and O–H groups in total. The van der Waals surface area contributed by atoms with Gasteiger partial charge in [-0.15, -0.1) is 0 Å². The third kappa shape index (κ3) is 5.58. The summed E-state index contributed by atoms with van der Waals surface area (Å²) >= 11 is 3.35. The minimum Gasteiger partial charge on any atom is -0.444 e. The molecule has 1 heterocycles. The van der Waals surface area contributed by atoms with Crippen molar-refractivity contribution in [1.29, 1.82) is 0 Å². The summed E-state index contributed by atoms with van der Waals surface area (Å²) in [5, 5.41) is 8.37. The van der Waals surface area contributed by atoms with Crippen LogP contribution in [0.4, 0.5) is 10.5 Å². The Morgan fingerprint density at radius 2 is 2.12 bits per heavy atom. The molecule has 140 valence electrons. The summed E-state index contributed by atoms with van der Waals surface area (Å²) in [5.74, 6) is 0. The first-order chi connectivity index (χ1) is 11.5. The number of halogens is 1. The minimum absolute atomic E-state index is 0.0275. The van der Waals surface area contributed by atoms with E-state index in [1.807, 2.05) is 20.8 Å². The number of nitrogens with zero attached hydrogens (tertiary/aromatic N) is 1. The van der Waals surface area contributed by atoms with E-state index in [1.165, 1.54) is 12.1 Å². The van der Waals surface area contributed by atoms with Crippen LogP contribution >= 0.6 is 15.9 Å². The minimum atomic E-state index is -3.74. The first-order valence-corrected chi connectivity index (χ1v) is 10.4. The highest BCUT2D eigenvalue weighted by Crippen LogP contribution is 2.27. The van der Waals surface area contributed by atoms with Gasteiger partial charge in [0.05, 0.1) is 10.9 Å². The highest BCUT2D eigenvalue weighted by molar-refractivity contribution is 9.10. The molecular formula is C16H24BrN3O4S. The van der Waals surface area contributed by atoms with Crippen molar-refractivity contribution in [3.8, 4) is 0 Å². The lowest BCUT2D eigenvalue weighted by Crippen LogP contribution is -2.42. The van der Waals surface area contributed by atoms with Crippen molar-refractivity contribution in [3.63, 3.8) is 0 Å². The fraction of sp³-hybridized carbons (Fsp3) is 0.562. The molecule has 1 aromatic carbocycles. The zero-order chi connectivity index (χ0) is 18.8. The van der Waals surface area contributed by atoms with Crippen LogP contribution in [0.2, 0.25) is 0 Å². The van der Waals surface area contributed by atoms with Gasteiger partial charge in [0.1, 0.15) is 5.60 Å². The zero-order valence-electron chi connectivity index (χ0n) is 14.6. The number of anilines is 1. The number of primary sulfonamides is 1. The van der Waals surface area contributed by atoms with E-state index in [2.05, 4.69) is 21.2 Å². The molecule has 0 spiro atoms. The summed E-state index contributed by atoms with van der Waals surface area (Å²) in [4.78, 5) is 14.1. The van der Waals surface area contributed by atoms with Crippen LogP contribution in [0.5, 0.6) is 0 Å². The van der Waals surface area contributed by atoms with Gasteiger partial charge in [0.2, 0.25) is 10.0 Å². The molecule has 0 saturated carbocycles. The van der Waals surface area contributed by atoms with E-state index in [9.17, 15) is 13.2 Å². The van der Waals surface area contributed by atoms with Crippen LogP contribution in [0.3, 0.4) is 0 Å². The average molecular weight is 434 g/mol. The van der Waals surface area contributed by atoms with Crippen LogP contribution in [-0.4, -0.2) is 44.1 Å². The van der Waals surface area contributed by atoms with Crippen LogP contribution < -0.4 is 10.5 Å². The van der Waals surface area contributed by atoms with Crippen LogP contribution in [0.1, 0.15) is 33.6 Å². The first-order valence-electron chi connectivity index (χ1n) is 8.03. The number of ether oxygens (including phenoxy) is 1. The molecule has 1 amide bonds. The van der Waals surface area contributed by atoms with Crippen molar-refractivity contribution in [2.24, 2.45) is 5.14 Å². The quantitative estimate of drug-likeness (QED) is 0.759. The van der Waals surface area contributed by atoms with Crippen LogP contribution in [0.25, 0.3) is 0 Å². The number of hydrogen-bond acceptors (Lipinski definition) is 5. The molecule has 0 aliphatic carbocycles. The summed E-state index contributed by atoms with van der Waals surface area (Å²) < 4.78 is 28.8. The van der Waals surface area contributed by atoms with E-state index >= 15 is 0 Å². The lowest BCUT2D eigenvalue weighted by atomic mass is 10.2. The van der Waals surface area contributed by atoms with Crippen LogP contribution in [0.15, 0.2) is 27.6 Å². The maximum Gasteiger partial charge on any atom is 0.410 e. The number of nitrogens with two attached hydrogens (primary N) is 1. The average Bonchev–Trinajstić information content (AvgIpc) is 2.91. The van der Waals surface area contributed by atoms with Gasteiger partial charge in [-0.05, 0) is 67.7 Å². The molecule has 1 unspecified atom stereocenters. The predicted molar refractivity (Wildman–Crippen MR) is 100.0 cm³/mol. The molecule has 1 aromatic rings. The number of benzene rings is 1. The van der Waals surface area contributed by atoms with Crippen molar-refractivity contribution in [2.45, 2.75) is 50.2 Å². The maximum absolute atomic E-state index is 12.3. The number of likely N-dealkylation sites (tertiary alicyclic amines) is 1. The van der Waals surface area contributed by atoms with Crippen LogP contribution in [0, 0.1) is 0 Å². The SMILES string of the molecule is CC(C)(C)OC(=O)N1CCCC1CNc1ccc(S(N)(=O)=O)cc1Br. The van der Waals surface area contributed by atoms with Crippen molar-refractivity contribution >= 4 is 37.7 Å². The summed E-state index contributed by atoms with van der Waals surface area (Å²) in [5.41, 5.74) is 0.216. The Morgan fingerprint density at radius 1 is 1.44 bits per heavy atom. The zero-order valence-corrected chi connectivity index (χ0v) is 17.0. The number of sulfonamides is 1. The monoisotopic (exact) mass is 433 g/mol. The topological polar surface area (TPSA) is 102 Å². The van der Waals surface area contributed by atoms with E-state index in [0.29, 0.717) is 17.6 Å². The second-order valence-electron chi connectivity index (χ2n) is 7.04. The maximum atomic E-state index is 12.3. The van der Waals surface area contributed by atoms with Crippen molar-refractivity contribution in [3.05, 3.63) is 22.7 Å². The van der Waals surface area contributed by atoms with E-state index < -0.39 is 15.6 Å². The largest absolute Gasteiger partial charge is 0.444 e. The lowest BCUT2D eigenvalue weighted by molar-refractivity contribution is 0.0235. The second-order valence-corrected chi connectivity index (χ2v) is 9.45. The predicted octanol–water partition coefficient (Wildman–Crippen LogP) is 2.91. The summed E-state index contributed by atoms with van der Waals surface area (Å²) in [6.07, 6.45) is 1.51. The Morgan fingerprint density at radius 3 is 2.68 bits per heavy atom. The van der Waals surface area contributed by atoms with Gasteiger partial charge in [-0.1, -0.05) is 0 Å². The molecular weight excluding hydrogens is 410 g/mol. The van der Waals surface area contributed by atoms with Gasteiger partial charge in [-0.2, -0.15) is 0 Å². The van der Waals surface area contributed by atoms with Gasteiger partial charge in [-0.3, -0.25) is 0 Å². The Labute approximate surface area is 157 Å². The molecule has 2 rings (SSSR count). The van der Waals surface area contributed by atoms with E-state index in [0.717, 1.165) is 18.5 Å². The van der Waals surface area contributed by atoms with Gasteiger partial charge < -0.3 is 15.0 Å². The highest BCUT2D eigenvalue weighted by Gasteiger charge is 2.32. The first kappa shape index (κ1) is 20.0. The molecule has 1 atom stereocenters. The lowest BCUT2D eigenvalue weighted by Gasteiger charge is -2.29. The van der Waals surface area contributed by atoms with Crippen LogP contribution in [-0.2, 0) is 14.8 Å². The Bertz CT molecular complexity index is 746. The van der Waals surface area contributed by atoms with Gasteiger partial charge in [0, 0.05) is 23.2 Å². The number of nitrogens with one attached hydrogen (secondary N) is 1. The van der Waals surface area contributed by atoms with Crippen molar-refractivity contribution in [1.82, 2.24) is 4.90 Å². The van der Waals surface area contributed by atoms with Gasteiger partial charge in [0.25, 0.3) is 0 Å². The molecule has 1 fully saturated rings. The molecule has 9 heteroatoms. The molecule has 7 nitrogen and oxygen atoms in total. The van der Waals surface area contributed by atoms with Crippen molar-refractivity contribution in [2.75, 3.05) is 18.4 Å². The van der Waals surface area contributed by atoms with Crippen molar-refractivity contribution < 1.29 is 17.9 Å². The summed E-state index contributed by atoms with van der Waals surface area (Å²) in [6.45, 7) is 6.76. The number of carbonyl (C=O) groups excluding carboxylic acids is 1. The third-order valence-electron chi connectivity index (χ3n) is 3.80. The number of rotatable bonds is 4. The van der Waals surface area contributed by atoms with Gasteiger partial charge >= 0.3 is 6.09 Å².